The smallest absolute Gasteiger partial charge is 0.122 e. The first-order valence-electron chi connectivity index (χ1n) is 6.83. The van der Waals surface area contributed by atoms with Crippen molar-refractivity contribution in [2.75, 3.05) is 25.7 Å². The normalized spacial score (nSPS) is 24.2. The molecule has 0 saturated carbocycles. The number of ether oxygens (including phenoxy) is 2. The summed E-state index contributed by atoms with van der Waals surface area (Å²) in [7, 11) is 3.26. The summed E-state index contributed by atoms with van der Waals surface area (Å²) in [4.78, 5) is 0. The Morgan fingerprint density at radius 2 is 1.75 bits per heavy atom. The van der Waals surface area contributed by atoms with E-state index in [0.29, 0.717) is 5.25 Å². The van der Waals surface area contributed by atoms with E-state index in [1.54, 1.807) is 14.2 Å². The van der Waals surface area contributed by atoms with Crippen LogP contribution in [0.4, 0.5) is 0 Å². The zero-order valence-electron chi connectivity index (χ0n) is 12.2. The second-order valence-corrected chi connectivity index (χ2v) is 7.38. The van der Waals surface area contributed by atoms with Crippen LogP contribution in [0, 0.1) is 0 Å². The van der Waals surface area contributed by atoms with Gasteiger partial charge in [0.05, 0.1) is 20.3 Å². The zero-order valence-corrected chi connectivity index (χ0v) is 13.8. The quantitative estimate of drug-likeness (QED) is 0.902. The molecule has 20 heavy (non-hydrogen) atoms. The van der Waals surface area contributed by atoms with Gasteiger partial charge in [0.25, 0.3) is 0 Å². The maximum atomic E-state index is 10.7. The molecule has 0 spiro atoms. The van der Waals surface area contributed by atoms with Crippen molar-refractivity contribution in [2.45, 2.75) is 29.9 Å². The van der Waals surface area contributed by atoms with Crippen molar-refractivity contribution in [2.24, 2.45) is 0 Å². The highest BCUT2D eigenvalue weighted by Gasteiger charge is 2.32. The molecule has 1 aliphatic heterocycles. The van der Waals surface area contributed by atoms with Crippen LogP contribution in [-0.4, -0.2) is 41.3 Å². The van der Waals surface area contributed by atoms with Crippen molar-refractivity contribution in [1.82, 2.24) is 0 Å². The molecular formula is C15H22O3S2. The fourth-order valence-electron chi connectivity index (χ4n) is 2.42. The fourth-order valence-corrected chi connectivity index (χ4v) is 5.56. The van der Waals surface area contributed by atoms with Crippen molar-refractivity contribution >= 4 is 23.5 Å². The molecule has 0 aromatic heterocycles. The maximum Gasteiger partial charge on any atom is 0.122 e. The number of aliphatic hydroxyl groups is 1. The van der Waals surface area contributed by atoms with Crippen LogP contribution in [0.15, 0.2) is 18.2 Å². The molecule has 3 unspecified atom stereocenters. The molecule has 1 saturated heterocycles. The number of benzene rings is 1. The number of hydrogen-bond donors (Lipinski definition) is 1. The van der Waals surface area contributed by atoms with Gasteiger partial charge in [-0.25, -0.2) is 0 Å². The average Bonchev–Trinajstić information content (AvgIpc) is 2.53. The summed E-state index contributed by atoms with van der Waals surface area (Å²) in [5.74, 6) is 3.72. The molecule has 1 aromatic rings. The molecule has 0 radical (unpaired) electrons. The summed E-state index contributed by atoms with van der Waals surface area (Å²) >= 11 is 3.84. The third-order valence-corrected chi connectivity index (χ3v) is 6.86. The fraction of sp³-hybridized carbons (Fsp3) is 0.600. The predicted octanol–water partition coefficient (Wildman–Crippen LogP) is 3.36. The van der Waals surface area contributed by atoms with Crippen LogP contribution in [0.25, 0.3) is 0 Å². The Kier molecular flexibility index (Phi) is 5.93. The van der Waals surface area contributed by atoms with E-state index in [4.69, 9.17) is 9.47 Å². The lowest BCUT2D eigenvalue weighted by atomic mass is 10.0. The highest BCUT2D eigenvalue weighted by Crippen LogP contribution is 2.41. The van der Waals surface area contributed by atoms with Gasteiger partial charge in [0.2, 0.25) is 0 Å². The van der Waals surface area contributed by atoms with E-state index in [0.717, 1.165) is 29.2 Å². The third-order valence-electron chi connectivity index (χ3n) is 3.52. The van der Waals surface area contributed by atoms with Gasteiger partial charge >= 0.3 is 0 Å². The average molecular weight is 314 g/mol. The summed E-state index contributed by atoms with van der Waals surface area (Å²) in [6, 6.07) is 5.63. The van der Waals surface area contributed by atoms with E-state index >= 15 is 0 Å². The predicted molar refractivity (Wildman–Crippen MR) is 87.3 cm³/mol. The van der Waals surface area contributed by atoms with Gasteiger partial charge in [0, 0.05) is 28.1 Å². The SMILES string of the molecule is CCC1SCCSC1C(O)c1cc(OC)cc(OC)c1. The maximum absolute atomic E-state index is 10.7. The molecule has 1 aromatic carbocycles. The first-order chi connectivity index (χ1) is 9.69. The summed E-state index contributed by atoms with van der Waals surface area (Å²) in [5.41, 5.74) is 0.875. The van der Waals surface area contributed by atoms with E-state index in [9.17, 15) is 5.11 Å². The Balaban J connectivity index is 2.24. The van der Waals surface area contributed by atoms with Gasteiger partial charge in [-0.05, 0) is 24.1 Å². The molecular weight excluding hydrogens is 292 g/mol. The molecule has 112 valence electrons. The van der Waals surface area contributed by atoms with Gasteiger partial charge in [-0.1, -0.05) is 6.92 Å². The Bertz CT molecular complexity index is 417. The van der Waals surface area contributed by atoms with Gasteiger partial charge in [-0.2, -0.15) is 23.5 Å². The van der Waals surface area contributed by atoms with Crippen molar-refractivity contribution in [3.8, 4) is 11.5 Å². The minimum atomic E-state index is -0.484. The molecule has 1 aliphatic rings. The molecule has 0 amide bonds. The minimum Gasteiger partial charge on any atom is -0.497 e. The largest absolute Gasteiger partial charge is 0.497 e. The molecule has 1 heterocycles. The molecule has 0 aliphatic carbocycles. The van der Waals surface area contributed by atoms with Gasteiger partial charge in [0.15, 0.2) is 0 Å². The first kappa shape index (κ1) is 15.9. The van der Waals surface area contributed by atoms with Crippen LogP contribution in [0.2, 0.25) is 0 Å². The molecule has 2 rings (SSSR count). The highest BCUT2D eigenvalue weighted by molar-refractivity contribution is 8.07. The van der Waals surface area contributed by atoms with Crippen LogP contribution < -0.4 is 9.47 Å². The standard InChI is InChI=1S/C15H22O3S2/c1-4-13-15(20-6-5-19-13)14(16)10-7-11(17-2)9-12(8-10)18-3/h7-9,13-16H,4-6H2,1-3H3. The summed E-state index contributed by atoms with van der Waals surface area (Å²) in [6.07, 6.45) is 0.599. The van der Waals surface area contributed by atoms with E-state index < -0.39 is 6.10 Å². The van der Waals surface area contributed by atoms with E-state index in [-0.39, 0.29) is 5.25 Å². The van der Waals surface area contributed by atoms with E-state index in [1.165, 1.54) is 5.75 Å². The molecule has 1 N–H and O–H groups in total. The Morgan fingerprint density at radius 3 is 2.30 bits per heavy atom. The Hall–Kier alpha value is -0.520. The zero-order chi connectivity index (χ0) is 14.5. The summed E-state index contributed by atoms with van der Waals surface area (Å²) in [6.45, 7) is 2.19. The number of hydrogen-bond acceptors (Lipinski definition) is 5. The number of rotatable bonds is 5. The second-order valence-electron chi connectivity index (χ2n) is 4.74. The first-order valence-corrected chi connectivity index (χ1v) is 8.93. The molecule has 1 fully saturated rings. The lowest BCUT2D eigenvalue weighted by Crippen LogP contribution is -2.31. The monoisotopic (exact) mass is 314 g/mol. The summed E-state index contributed by atoms with van der Waals surface area (Å²) in [5, 5.41) is 11.5. The van der Waals surface area contributed by atoms with Crippen LogP contribution in [0.5, 0.6) is 11.5 Å². The lowest BCUT2D eigenvalue weighted by molar-refractivity contribution is 0.171. The number of methoxy groups -OCH3 is 2. The van der Waals surface area contributed by atoms with Crippen molar-refractivity contribution < 1.29 is 14.6 Å². The molecule has 5 heteroatoms. The number of thioether (sulfide) groups is 2. The van der Waals surface area contributed by atoms with E-state index in [1.807, 2.05) is 41.7 Å². The Labute approximate surface area is 129 Å². The molecule has 0 bridgehead atoms. The van der Waals surface area contributed by atoms with Gasteiger partial charge in [0.1, 0.15) is 11.5 Å². The van der Waals surface area contributed by atoms with Crippen molar-refractivity contribution in [3.05, 3.63) is 23.8 Å². The van der Waals surface area contributed by atoms with Crippen LogP contribution in [0.1, 0.15) is 25.0 Å². The third kappa shape index (κ3) is 3.57. The topological polar surface area (TPSA) is 38.7 Å². The minimum absolute atomic E-state index is 0.232. The van der Waals surface area contributed by atoms with Crippen LogP contribution in [-0.2, 0) is 0 Å². The van der Waals surface area contributed by atoms with Crippen molar-refractivity contribution in [3.63, 3.8) is 0 Å². The number of aliphatic hydroxyl groups excluding tert-OH is 1. The van der Waals surface area contributed by atoms with Crippen molar-refractivity contribution in [1.29, 1.82) is 0 Å². The van der Waals surface area contributed by atoms with Crippen LogP contribution in [0.3, 0.4) is 0 Å². The van der Waals surface area contributed by atoms with Gasteiger partial charge < -0.3 is 14.6 Å². The molecule has 3 nitrogen and oxygen atoms in total. The van der Waals surface area contributed by atoms with Crippen LogP contribution >= 0.6 is 23.5 Å². The van der Waals surface area contributed by atoms with Gasteiger partial charge in [-0.15, -0.1) is 0 Å². The molecule has 3 atom stereocenters. The summed E-state index contributed by atoms with van der Waals surface area (Å²) < 4.78 is 10.6. The second kappa shape index (κ2) is 7.48. The van der Waals surface area contributed by atoms with E-state index in [2.05, 4.69) is 6.92 Å². The Morgan fingerprint density at radius 1 is 1.15 bits per heavy atom. The lowest BCUT2D eigenvalue weighted by Gasteiger charge is -2.33. The highest BCUT2D eigenvalue weighted by atomic mass is 32.2. The van der Waals surface area contributed by atoms with Gasteiger partial charge in [-0.3, -0.25) is 0 Å².